The van der Waals surface area contributed by atoms with Crippen LogP contribution in [0.1, 0.15) is 221 Å². The van der Waals surface area contributed by atoms with E-state index in [9.17, 15) is 40.1 Å². The van der Waals surface area contributed by atoms with Gasteiger partial charge in [-0.2, -0.15) is 0 Å². The lowest BCUT2D eigenvalue weighted by Crippen LogP contribution is -2.60. The number of aliphatic hydroxyl groups is 4. The molecular weight excluding hydrogens is 1260 g/mol. The second-order valence-corrected chi connectivity index (χ2v) is 37.4. The van der Waals surface area contributed by atoms with Crippen LogP contribution < -0.4 is 15.8 Å². The van der Waals surface area contributed by atoms with Crippen LogP contribution in [-0.4, -0.2) is 162 Å². The van der Waals surface area contributed by atoms with E-state index in [0.29, 0.717) is 68.0 Å². The Kier molecular flexibility index (Phi) is 19.6. The number of carbonyl (C=O) groups is 2. The van der Waals surface area contributed by atoms with E-state index in [4.69, 9.17) is 48.4 Å². The summed E-state index contributed by atoms with van der Waals surface area (Å²) in [6, 6.07) is 5.87. The molecule has 4 saturated heterocycles. The normalized spacial score (nSPS) is 46.6. The topological polar surface area (TPSA) is 279 Å². The molecule has 15 rings (SSSR count). The van der Waals surface area contributed by atoms with Gasteiger partial charge in [-0.3, -0.25) is 10.1 Å². The summed E-state index contributed by atoms with van der Waals surface area (Å²) < 4.78 is 53.5. The van der Waals surface area contributed by atoms with Gasteiger partial charge in [0.25, 0.3) is 5.69 Å². The molecule has 99 heavy (non-hydrogen) atoms. The number of nitro benzene ring substituents is 1. The van der Waals surface area contributed by atoms with Gasteiger partial charge in [0.1, 0.15) is 30.2 Å². The lowest BCUT2D eigenvalue weighted by molar-refractivity contribution is -0.384. The number of nitro groups is 1. The first-order valence-electron chi connectivity index (χ1n) is 38.2. The van der Waals surface area contributed by atoms with Crippen molar-refractivity contribution in [3.63, 3.8) is 0 Å². The van der Waals surface area contributed by atoms with Crippen LogP contribution in [-0.2, 0) is 37.9 Å². The molecule has 560 valence electrons. The lowest BCUT2D eigenvalue weighted by Gasteiger charge is -2.63. The summed E-state index contributed by atoms with van der Waals surface area (Å²) in [5.74, 6) is 3.15. The van der Waals surface area contributed by atoms with E-state index in [-0.39, 0.29) is 134 Å². The average Bonchev–Trinajstić information content (AvgIpc) is 1.47. The molecule has 4 heterocycles. The highest BCUT2D eigenvalue weighted by Crippen LogP contribution is 2.91. The van der Waals surface area contributed by atoms with Gasteiger partial charge >= 0.3 is 12.2 Å². The maximum absolute atomic E-state index is 13.0. The third kappa shape index (κ3) is 11.3. The van der Waals surface area contributed by atoms with E-state index in [0.717, 1.165) is 103 Å². The second-order valence-electron chi connectivity index (χ2n) is 37.4. The highest BCUT2D eigenvalue weighted by Gasteiger charge is 2.87. The molecule has 14 fully saturated rings. The van der Waals surface area contributed by atoms with Gasteiger partial charge in [0.05, 0.1) is 91.3 Å². The van der Waals surface area contributed by atoms with E-state index in [1.54, 1.807) is 13.8 Å². The predicted octanol–water partition coefficient (Wildman–Crippen LogP) is 12.9. The number of nitrogens with one attached hydrogen (secondary N) is 1. The second kappa shape index (κ2) is 25.8. The largest absolute Gasteiger partial charge is 0.514 e. The summed E-state index contributed by atoms with van der Waals surface area (Å²) in [5.41, 5.74) is 2.95. The first-order chi connectivity index (χ1) is 45.8. The molecule has 1 aromatic carbocycles. The van der Waals surface area contributed by atoms with Gasteiger partial charge < -0.3 is 74.1 Å². The van der Waals surface area contributed by atoms with Crippen molar-refractivity contribution in [2.45, 2.75) is 305 Å². The van der Waals surface area contributed by atoms with E-state index in [2.05, 4.69) is 74.6 Å². The molecular formula is C79H127N3O17. The zero-order valence-electron chi connectivity index (χ0n) is 62.0. The number of carbonyl (C=O) groups excluding carboxylic acids is 2. The first-order valence-corrected chi connectivity index (χ1v) is 38.2. The van der Waals surface area contributed by atoms with E-state index in [1.807, 2.05) is 27.7 Å². The van der Waals surface area contributed by atoms with E-state index < -0.39 is 46.7 Å². The SMILES string of the molecule is C.CCO[C@@H]([C@H]1C[C@@H](C)[C@H]2[C@H](O1)[C@H](O)[C@@]1(C)[C@@H]3CC[C@H]4C(C)(C)[C@@H](OC(=O)NC5COC5)CC[C@@]45C[C@@]35CC[C@]21C)C(C)(C)O.CCO[C@@H]([C@H]1C[C@@H](C)[C@H]2[C@H](O1)[C@H](O)[C@@]1(C)[C@@H]3CC[C@H]4C(C)(C)[C@@H](OC(=O)Oc5ccc([N+](=O)[O-])cc5)CC[C@@]45C[C@@]35CC[C@]21C)C(C)(C)O.NC1COC1. The number of ether oxygens (including phenoxy) is 9. The number of aliphatic hydroxyl groups excluding tert-OH is 2. The zero-order chi connectivity index (χ0) is 70.9. The maximum Gasteiger partial charge on any atom is 0.514 e. The number of benzene rings is 1. The number of hydrogen-bond acceptors (Lipinski definition) is 18. The Morgan fingerprint density at radius 3 is 1.38 bits per heavy atom. The predicted molar refractivity (Wildman–Crippen MR) is 373 cm³/mol. The molecule has 14 aliphatic rings. The highest BCUT2D eigenvalue weighted by atomic mass is 16.7. The molecule has 26 atom stereocenters. The Hall–Kier alpha value is -3.28. The van der Waals surface area contributed by atoms with Gasteiger partial charge in [0.2, 0.25) is 0 Å². The number of hydrogen-bond donors (Lipinski definition) is 6. The van der Waals surface area contributed by atoms with Crippen molar-refractivity contribution in [2.75, 3.05) is 39.6 Å². The van der Waals surface area contributed by atoms with Crippen LogP contribution >= 0.6 is 0 Å². The van der Waals surface area contributed by atoms with Gasteiger partial charge in [-0.25, -0.2) is 9.59 Å². The smallest absolute Gasteiger partial charge is 0.446 e. The van der Waals surface area contributed by atoms with Crippen LogP contribution in [0.4, 0.5) is 15.3 Å². The molecule has 10 saturated carbocycles. The number of amides is 1. The molecule has 20 heteroatoms. The fourth-order valence-electron chi connectivity index (χ4n) is 27.1. The Bertz CT molecular complexity index is 3130. The minimum Gasteiger partial charge on any atom is -0.446 e. The standard InChI is InChI=1S/C39H57NO9.C36H59NO7.C3H7NO.CH4/c1-9-46-32(35(5,6)43)25-20-22(2)29-30(48-25)31(41)37(8)27-15-14-26-34(3,4)28(16-17-38(26)21-39(27,38)19-18-36(29,37)7)49-33(42)47-24-12-10-23(11-13-24)40(44)45;1-9-42-29(32(5,6)40)22-16-20(2)26-27(43-22)28(38)34(8)24-11-10-23-31(3,4)25(44-30(39)37-21-17-41-18-21)12-13-35(23)19-36(24,35)15-14-33(26,34)7;4-3-1-5-2-3;/h10-13,22,25-32,41,43H,9,14-21H2,1-8H3;20-29,38,40H,9-19H2,1-8H3,(H,37,39);3H,1-2,4H2;1H4/t22-,25-,26+,27+,28+,29+,30+,31+,32+,36-,37-,38-,39+;20-,22-,23+,24+,25+,26+,27+,28+,29+,33-,34-,35-,36+;;/m11../s1. The summed E-state index contributed by atoms with van der Waals surface area (Å²) in [6.45, 7) is 38.4. The van der Waals surface area contributed by atoms with E-state index >= 15 is 0 Å². The molecule has 10 aliphatic carbocycles. The number of fused-ring (bicyclic) bond motifs is 8. The van der Waals surface area contributed by atoms with Crippen LogP contribution in [0, 0.1) is 112 Å². The Morgan fingerprint density at radius 2 is 1.02 bits per heavy atom. The molecule has 4 aliphatic heterocycles. The number of nitrogens with zero attached hydrogens (tertiary/aromatic N) is 1. The lowest BCUT2D eigenvalue weighted by atomic mass is 9.41. The van der Waals surface area contributed by atoms with Crippen LogP contribution in [0.5, 0.6) is 5.75 Å². The summed E-state index contributed by atoms with van der Waals surface area (Å²) in [7, 11) is 0. The van der Waals surface area contributed by atoms with Gasteiger partial charge in [0.15, 0.2) is 0 Å². The summed E-state index contributed by atoms with van der Waals surface area (Å²) in [6.07, 6.45) is 12.1. The van der Waals surface area contributed by atoms with Gasteiger partial charge in [-0.05, 0) is 236 Å². The molecule has 0 aromatic heterocycles. The van der Waals surface area contributed by atoms with Crippen molar-refractivity contribution in [1.82, 2.24) is 5.32 Å². The molecule has 0 unspecified atom stereocenters. The fraction of sp³-hybridized carbons (Fsp3) is 0.899. The third-order valence-corrected chi connectivity index (χ3v) is 31.7. The van der Waals surface area contributed by atoms with Crippen molar-refractivity contribution in [1.29, 1.82) is 0 Å². The molecule has 20 nitrogen and oxygen atoms in total. The van der Waals surface area contributed by atoms with Gasteiger partial charge in [-0.1, -0.05) is 76.7 Å². The van der Waals surface area contributed by atoms with Crippen LogP contribution in [0.25, 0.3) is 0 Å². The number of alkyl carbamates (subject to hydrolysis) is 1. The molecule has 0 radical (unpaired) electrons. The molecule has 7 N–H and O–H groups in total. The van der Waals surface area contributed by atoms with Crippen molar-refractivity contribution in [2.24, 2.45) is 107 Å². The van der Waals surface area contributed by atoms with Gasteiger partial charge in [0, 0.05) is 47.0 Å². The quantitative estimate of drug-likeness (QED) is 0.0463. The van der Waals surface area contributed by atoms with E-state index in [1.165, 1.54) is 37.1 Å². The Morgan fingerprint density at radius 1 is 0.626 bits per heavy atom. The zero-order valence-corrected chi connectivity index (χ0v) is 62.0. The molecule has 1 aromatic rings. The van der Waals surface area contributed by atoms with Crippen molar-refractivity contribution < 1.29 is 77.6 Å². The third-order valence-electron chi connectivity index (χ3n) is 31.7. The number of nitrogens with two attached hydrogens (primary N) is 1. The number of non-ortho nitro benzene ring substituents is 1. The van der Waals surface area contributed by atoms with Crippen LogP contribution in [0.2, 0.25) is 0 Å². The minimum absolute atomic E-state index is 0. The van der Waals surface area contributed by atoms with Crippen LogP contribution in [0.3, 0.4) is 0 Å². The Labute approximate surface area is 590 Å². The van der Waals surface area contributed by atoms with Crippen LogP contribution in [0.15, 0.2) is 24.3 Å². The summed E-state index contributed by atoms with van der Waals surface area (Å²) >= 11 is 0. The minimum atomic E-state index is -1.06. The molecule has 4 spiro atoms. The fourth-order valence-corrected chi connectivity index (χ4v) is 27.1. The van der Waals surface area contributed by atoms with Crippen molar-refractivity contribution in [3.05, 3.63) is 34.4 Å². The maximum atomic E-state index is 13.0. The van der Waals surface area contributed by atoms with Crippen molar-refractivity contribution in [3.8, 4) is 5.75 Å². The summed E-state index contributed by atoms with van der Waals surface area (Å²) in [4.78, 5) is 36.3. The monoisotopic (exact) mass is 1390 g/mol. The summed E-state index contributed by atoms with van der Waals surface area (Å²) in [5, 5.41) is 61.1. The average molecular weight is 1390 g/mol. The molecule has 1 amide bonds. The van der Waals surface area contributed by atoms with Crippen molar-refractivity contribution >= 4 is 17.9 Å². The molecule has 0 bridgehead atoms. The Balaban J connectivity index is 0.000000175. The number of rotatable bonds is 13. The first kappa shape index (κ1) is 75.4. The highest BCUT2D eigenvalue weighted by molar-refractivity contribution is 5.68. The van der Waals surface area contributed by atoms with Gasteiger partial charge in [-0.15, -0.1) is 0 Å².